The highest BCUT2D eigenvalue weighted by Gasteiger charge is 2.15. The third-order valence-corrected chi connectivity index (χ3v) is 3.19. The van der Waals surface area contributed by atoms with Crippen LogP contribution in [0.3, 0.4) is 0 Å². The van der Waals surface area contributed by atoms with E-state index in [2.05, 4.69) is 4.98 Å². The van der Waals surface area contributed by atoms with E-state index in [-0.39, 0.29) is 0 Å². The van der Waals surface area contributed by atoms with E-state index in [4.69, 9.17) is 32.7 Å². The number of ether oxygens (including phenoxy) is 2. The molecule has 0 bridgehead atoms. The Kier molecular flexibility index (Phi) is 3.31. The predicted octanol–water partition coefficient (Wildman–Crippen LogP) is 3.87. The van der Waals surface area contributed by atoms with Crippen LogP contribution in [0.5, 0.6) is 11.5 Å². The Morgan fingerprint density at radius 1 is 1.12 bits per heavy atom. The van der Waals surface area contributed by atoms with Gasteiger partial charge in [0.05, 0.1) is 19.2 Å². The molecule has 1 aromatic heterocycles. The van der Waals surface area contributed by atoms with E-state index in [9.17, 15) is 0 Å². The lowest BCUT2D eigenvalue weighted by molar-refractivity contribution is 0.410. The molecule has 1 heterocycles. The summed E-state index contributed by atoms with van der Waals surface area (Å²) >= 11 is 12.1. The molecule has 0 aliphatic rings. The summed E-state index contributed by atoms with van der Waals surface area (Å²) in [4.78, 5) is 4.30. The molecule has 1 aromatic carbocycles. The van der Waals surface area contributed by atoms with Crippen LogP contribution in [0, 0.1) is 6.92 Å². The molecule has 0 amide bonds. The van der Waals surface area contributed by atoms with Crippen LogP contribution >= 0.6 is 23.2 Å². The first-order chi connectivity index (χ1) is 8.08. The fraction of sp³-hybridized carbons (Fsp3) is 0.250. The van der Waals surface area contributed by atoms with Crippen LogP contribution in [0.25, 0.3) is 10.9 Å². The summed E-state index contributed by atoms with van der Waals surface area (Å²) in [5.74, 6) is 1.16. The third kappa shape index (κ3) is 2.01. The van der Waals surface area contributed by atoms with Crippen molar-refractivity contribution in [2.24, 2.45) is 0 Å². The molecule has 2 rings (SSSR count). The second kappa shape index (κ2) is 4.59. The van der Waals surface area contributed by atoms with Gasteiger partial charge in [-0.3, -0.25) is 0 Å². The van der Waals surface area contributed by atoms with Crippen molar-refractivity contribution in [1.29, 1.82) is 0 Å². The number of hydrogen-bond acceptors (Lipinski definition) is 3. The molecule has 0 spiro atoms. The summed E-state index contributed by atoms with van der Waals surface area (Å²) in [6.45, 7) is 1.88. The van der Waals surface area contributed by atoms with E-state index in [0.29, 0.717) is 27.2 Å². The number of fused-ring (bicyclic) bond motifs is 1. The number of hydrogen-bond donors (Lipinski definition) is 0. The van der Waals surface area contributed by atoms with E-state index in [0.717, 1.165) is 10.9 Å². The number of aromatic nitrogens is 1. The van der Waals surface area contributed by atoms with Gasteiger partial charge in [0.1, 0.15) is 22.2 Å². The Morgan fingerprint density at radius 2 is 1.82 bits per heavy atom. The number of aryl methyl sites for hydroxylation is 1. The van der Waals surface area contributed by atoms with Gasteiger partial charge >= 0.3 is 0 Å². The standard InChI is InChI=1S/C12H11Cl2NO2/c1-6-4-7-10(15-12(6)14)9(16-2)5-8(13)11(7)17-3/h4-5H,1-3H3. The highest BCUT2D eigenvalue weighted by atomic mass is 35.5. The summed E-state index contributed by atoms with van der Waals surface area (Å²) in [5.41, 5.74) is 1.51. The minimum atomic E-state index is 0.445. The summed E-state index contributed by atoms with van der Waals surface area (Å²) in [6, 6.07) is 3.55. The van der Waals surface area contributed by atoms with Crippen molar-refractivity contribution in [1.82, 2.24) is 4.98 Å². The fourth-order valence-corrected chi connectivity index (χ4v) is 2.11. The predicted molar refractivity (Wildman–Crippen MR) is 69.6 cm³/mol. The van der Waals surface area contributed by atoms with E-state index in [1.165, 1.54) is 0 Å². The van der Waals surface area contributed by atoms with Crippen molar-refractivity contribution in [3.63, 3.8) is 0 Å². The molecule has 0 saturated heterocycles. The maximum Gasteiger partial charge on any atom is 0.147 e. The fourth-order valence-electron chi connectivity index (χ4n) is 1.69. The van der Waals surface area contributed by atoms with Crippen molar-refractivity contribution in [2.75, 3.05) is 14.2 Å². The van der Waals surface area contributed by atoms with Gasteiger partial charge in [-0.05, 0) is 18.6 Å². The van der Waals surface area contributed by atoms with Crippen molar-refractivity contribution in [3.8, 4) is 11.5 Å². The van der Waals surface area contributed by atoms with Crippen LogP contribution in [0.4, 0.5) is 0 Å². The van der Waals surface area contributed by atoms with Gasteiger partial charge in [-0.2, -0.15) is 0 Å². The minimum absolute atomic E-state index is 0.445. The summed E-state index contributed by atoms with van der Waals surface area (Å²) in [7, 11) is 3.13. The smallest absolute Gasteiger partial charge is 0.147 e. The molecule has 17 heavy (non-hydrogen) atoms. The molecular formula is C12H11Cl2NO2. The maximum absolute atomic E-state index is 6.11. The lowest BCUT2D eigenvalue weighted by atomic mass is 10.1. The quantitative estimate of drug-likeness (QED) is 0.778. The maximum atomic E-state index is 6.11. The number of rotatable bonds is 2. The Hall–Kier alpha value is -1.19. The van der Waals surface area contributed by atoms with Gasteiger partial charge in [0, 0.05) is 11.5 Å². The average Bonchev–Trinajstić information content (AvgIpc) is 2.30. The van der Waals surface area contributed by atoms with Gasteiger partial charge in [-0.1, -0.05) is 23.2 Å². The first kappa shape index (κ1) is 12.3. The topological polar surface area (TPSA) is 31.4 Å². The zero-order valence-corrected chi connectivity index (χ0v) is 11.2. The third-order valence-electron chi connectivity index (χ3n) is 2.53. The first-order valence-corrected chi connectivity index (χ1v) is 5.71. The normalized spacial score (nSPS) is 10.6. The molecule has 0 fully saturated rings. The van der Waals surface area contributed by atoms with Gasteiger partial charge in [0.25, 0.3) is 0 Å². The van der Waals surface area contributed by atoms with Gasteiger partial charge in [0.2, 0.25) is 0 Å². The average molecular weight is 272 g/mol. The zero-order valence-electron chi connectivity index (χ0n) is 9.67. The molecule has 0 aliphatic heterocycles. The van der Waals surface area contributed by atoms with Crippen LogP contribution in [0.2, 0.25) is 10.2 Å². The van der Waals surface area contributed by atoms with Crippen LogP contribution in [-0.2, 0) is 0 Å². The molecule has 5 heteroatoms. The highest BCUT2D eigenvalue weighted by molar-refractivity contribution is 6.34. The monoisotopic (exact) mass is 271 g/mol. The Labute approximate surface area is 109 Å². The number of benzene rings is 1. The largest absolute Gasteiger partial charge is 0.494 e. The van der Waals surface area contributed by atoms with Crippen molar-refractivity contribution < 1.29 is 9.47 Å². The van der Waals surface area contributed by atoms with Gasteiger partial charge < -0.3 is 9.47 Å². The summed E-state index contributed by atoms with van der Waals surface area (Å²) in [6.07, 6.45) is 0. The zero-order chi connectivity index (χ0) is 12.6. The molecule has 0 N–H and O–H groups in total. The molecule has 0 saturated carbocycles. The van der Waals surface area contributed by atoms with Gasteiger partial charge in [0.15, 0.2) is 0 Å². The molecule has 2 aromatic rings. The lowest BCUT2D eigenvalue weighted by Crippen LogP contribution is -1.94. The second-order valence-electron chi connectivity index (χ2n) is 3.59. The summed E-state index contributed by atoms with van der Waals surface area (Å²) < 4.78 is 10.5. The minimum Gasteiger partial charge on any atom is -0.494 e. The highest BCUT2D eigenvalue weighted by Crippen LogP contribution is 2.39. The molecule has 0 unspecified atom stereocenters. The Bertz CT molecular complexity index is 584. The van der Waals surface area contributed by atoms with Crippen molar-refractivity contribution in [3.05, 3.63) is 27.9 Å². The molecule has 0 atom stereocenters. The van der Waals surface area contributed by atoms with Crippen LogP contribution in [-0.4, -0.2) is 19.2 Å². The van der Waals surface area contributed by atoms with Crippen LogP contribution in [0.1, 0.15) is 5.56 Å². The second-order valence-corrected chi connectivity index (χ2v) is 4.35. The summed E-state index contributed by atoms with van der Waals surface area (Å²) in [5, 5.41) is 1.72. The lowest BCUT2D eigenvalue weighted by Gasteiger charge is -2.12. The molecular weight excluding hydrogens is 261 g/mol. The van der Waals surface area contributed by atoms with Crippen molar-refractivity contribution >= 4 is 34.1 Å². The number of pyridine rings is 1. The number of halogens is 2. The SMILES string of the molecule is COc1c(Cl)cc(OC)c2nc(Cl)c(C)cc12. The van der Waals surface area contributed by atoms with Crippen LogP contribution in [0.15, 0.2) is 12.1 Å². The van der Waals surface area contributed by atoms with E-state index < -0.39 is 0 Å². The van der Waals surface area contributed by atoms with E-state index in [1.807, 2.05) is 13.0 Å². The van der Waals surface area contributed by atoms with E-state index in [1.54, 1.807) is 20.3 Å². The Morgan fingerprint density at radius 3 is 2.41 bits per heavy atom. The van der Waals surface area contributed by atoms with Gasteiger partial charge in [-0.15, -0.1) is 0 Å². The molecule has 0 radical (unpaired) electrons. The van der Waals surface area contributed by atoms with Gasteiger partial charge in [-0.25, -0.2) is 4.98 Å². The van der Waals surface area contributed by atoms with Crippen LogP contribution < -0.4 is 9.47 Å². The first-order valence-electron chi connectivity index (χ1n) is 4.95. The molecule has 3 nitrogen and oxygen atoms in total. The molecule has 90 valence electrons. The Balaban J connectivity index is 2.92. The number of nitrogens with zero attached hydrogens (tertiary/aromatic N) is 1. The van der Waals surface area contributed by atoms with E-state index >= 15 is 0 Å². The number of methoxy groups -OCH3 is 2. The molecule has 0 aliphatic carbocycles. The van der Waals surface area contributed by atoms with Crippen molar-refractivity contribution in [2.45, 2.75) is 6.92 Å².